The number of hydrogen-bond acceptors (Lipinski definition) is 10. The number of carbonyl (C=O) groups is 1. The predicted octanol–water partition coefficient (Wildman–Crippen LogP) is 3.14. The van der Waals surface area contributed by atoms with Crippen molar-refractivity contribution in [2.24, 2.45) is 5.92 Å². The van der Waals surface area contributed by atoms with Gasteiger partial charge >= 0.3 is 0 Å². The van der Waals surface area contributed by atoms with Crippen molar-refractivity contribution in [2.75, 3.05) is 40.0 Å². The van der Waals surface area contributed by atoms with Crippen LogP contribution in [0, 0.1) is 18.8 Å². The minimum atomic E-state index is -1.17. The summed E-state index contributed by atoms with van der Waals surface area (Å²) in [6.07, 6.45) is 4.56. The minimum absolute atomic E-state index is 0.00672. The van der Waals surface area contributed by atoms with Crippen molar-refractivity contribution in [1.29, 1.82) is 0 Å². The van der Waals surface area contributed by atoms with E-state index in [-0.39, 0.29) is 37.8 Å². The summed E-state index contributed by atoms with van der Waals surface area (Å²) in [4.78, 5) is 32.3. The second kappa shape index (κ2) is 12.3. The summed E-state index contributed by atoms with van der Waals surface area (Å²) >= 11 is 0. The predicted molar refractivity (Wildman–Crippen MR) is 152 cm³/mol. The van der Waals surface area contributed by atoms with Crippen LogP contribution in [-0.2, 0) is 31.1 Å². The molecule has 1 aromatic carbocycles. The van der Waals surface area contributed by atoms with Gasteiger partial charge in [-0.2, -0.15) is 14.6 Å². The molecule has 0 amide bonds. The molecule has 6 rings (SSSR count). The van der Waals surface area contributed by atoms with Gasteiger partial charge in [-0.25, -0.2) is 19.6 Å². The lowest BCUT2D eigenvalue weighted by Crippen LogP contribution is -2.47. The van der Waals surface area contributed by atoms with E-state index in [1.807, 2.05) is 37.3 Å². The normalized spacial score (nSPS) is 19.8. The molecule has 1 N–H and O–H groups in total. The molecule has 43 heavy (non-hydrogen) atoms. The van der Waals surface area contributed by atoms with Crippen LogP contribution in [0.2, 0.25) is 0 Å². The van der Waals surface area contributed by atoms with Gasteiger partial charge < -0.3 is 14.6 Å². The first-order chi connectivity index (χ1) is 20.8. The highest BCUT2D eigenvalue weighted by atomic mass is 19.1. The molecule has 224 valence electrons. The van der Waals surface area contributed by atoms with E-state index in [9.17, 15) is 14.3 Å². The highest BCUT2D eigenvalue weighted by Gasteiger charge is 2.41. The van der Waals surface area contributed by atoms with Gasteiger partial charge in [0.25, 0.3) is 0 Å². The molecule has 3 aromatic heterocycles. The molecule has 2 aliphatic rings. The lowest BCUT2D eigenvalue weighted by molar-refractivity contribution is -0.189. The summed E-state index contributed by atoms with van der Waals surface area (Å²) in [6, 6.07) is 12.7. The number of nitrogens with zero attached hydrogens (tertiary/aromatic N) is 6. The molecular formula is C31H33FN6O5. The topological polar surface area (TPSA) is 125 Å². The largest absolute Gasteiger partial charge is 0.383 e. The van der Waals surface area contributed by atoms with Crippen molar-refractivity contribution < 1.29 is 28.6 Å². The number of ketones is 1. The third kappa shape index (κ3) is 6.10. The Morgan fingerprint density at radius 2 is 1.93 bits per heavy atom. The molecule has 5 heterocycles. The standard InChI is InChI=1S/C31H33FN6O5/c1-20-26(14-25(39)12-22-17-37(10-11-41-2)43-29(22)21-8-9-33-27(32)13-21)38(24-6-4-3-5-7-24)36-28(20)23-15-34-30(35-16-23)31(40)18-42-19-31/h3-9,13,15-16,22,29,40H,10-12,14,17-19H2,1-2H3/t22-,29+/m1/s1. The molecule has 0 bridgehead atoms. The fraction of sp³-hybridized carbons (Fsp3) is 0.387. The zero-order chi connectivity index (χ0) is 30.0. The SMILES string of the molecule is COCCN1C[C@@H](CC(=O)Cc2c(C)c(-c3cnc(C4(O)COC4)nc3)nn2-c2ccccc2)[C@H](c2ccnc(F)c2)O1. The highest BCUT2D eigenvalue weighted by molar-refractivity contribution is 5.82. The van der Waals surface area contributed by atoms with E-state index >= 15 is 0 Å². The zero-order valence-electron chi connectivity index (χ0n) is 24.0. The van der Waals surface area contributed by atoms with E-state index in [0.717, 1.165) is 16.9 Å². The minimum Gasteiger partial charge on any atom is -0.383 e. The number of hydroxylamine groups is 2. The number of aromatic nitrogens is 5. The molecule has 0 aliphatic carbocycles. The Morgan fingerprint density at radius 3 is 2.60 bits per heavy atom. The Kier molecular flexibility index (Phi) is 8.37. The molecule has 0 saturated carbocycles. The van der Waals surface area contributed by atoms with Crippen LogP contribution in [0.1, 0.15) is 35.2 Å². The molecule has 2 aliphatic heterocycles. The molecule has 11 nitrogen and oxygen atoms in total. The average molecular weight is 589 g/mol. The number of hydrogen-bond donors (Lipinski definition) is 1. The smallest absolute Gasteiger partial charge is 0.213 e. The number of aliphatic hydroxyl groups is 1. The first kappa shape index (κ1) is 29.1. The quantitative estimate of drug-likeness (QED) is 0.261. The number of rotatable bonds is 11. The van der Waals surface area contributed by atoms with Crippen LogP contribution >= 0.6 is 0 Å². The molecule has 4 aromatic rings. The van der Waals surface area contributed by atoms with Crippen LogP contribution in [0.3, 0.4) is 0 Å². The van der Waals surface area contributed by atoms with Gasteiger partial charge in [0, 0.05) is 63.1 Å². The molecule has 0 unspecified atom stereocenters. The van der Waals surface area contributed by atoms with Gasteiger partial charge in [0.05, 0.1) is 36.9 Å². The van der Waals surface area contributed by atoms with Crippen molar-refractivity contribution in [3.8, 4) is 16.9 Å². The number of ether oxygens (including phenoxy) is 2. The number of carbonyl (C=O) groups excluding carboxylic acids is 1. The second-order valence-corrected chi connectivity index (χ2v) is 11.0. The third-order valence-corrected chi connectivity index (χ3v) is 7.88. The van der Waals surface area contributed by atoms with Crippen molar-refractivity contribution in [1.82, 2.24) is 29.8 Å². The Labute approximate surface area is 248 Å². The van der Waals surface area contributed by atoms with E-state index < -0.39 is 17.7 Å². The van der Waals surface area contributed by atoms with Crippen molar-refractivity contribution in [3.63, 3.8) is 0 Å². The maximum atomic E-state index is 14.0. The maximum absolute atomic E-state index is 14.0. The summed E-state index contributed by atoms with van der Waals surface area (Å²) in [5, 5.41) is 17.2. The van der Waals surface area contributed by atoms with E-state index in [4.69, 9.17) is 19.4 Å². The van der Waals surface area contributed by atoms with Crippen LogP contribution in [0.4, 0.5) is 4.39 Å². The van der Waals surface area contributed by atoms with Gasteiger partial charge in [0.1, 0.15) is 11.9 Å². The Bertz CT molecular complexity index is 1580. The summed E-state index contributed by atoms with van der Waals surface area (Å²) in [5.74, 6) is -0.475. The molecular weight excluding hydrogens is 555 g/mol. The van der Waals surface area contributed by atoms with E-state index in [1.54, 1.807) is 35.3 Å². The Hall–Kier alpha value is -3.94. The molecule has 2 atom stereocenters. The van der Waals surface area contributed by atoms with Crippen molar-refractivity contribution in [2.45, 2.75) is 31.5 Å². The first-order valence-corrected chi connectivity index (χ1v) is 14.2. The lowest BCUT2D eigenvalue weighted by Gasteiger charge is -2.34. The third-order valence-electron chi connectivity index (χ3n) is 7.88. The van der Waals surface area contributed by atoms with Crippen LogP contribution in [0.5, 0.6) is 0 Å². The Morgan fingerprint density at radius 1 is 1.16 bits per heavy atom. The van der Waals surface area contributed by atoms with Gasteiger partial charge in [0.2, 0.25) is 5.95 Å². The van der Waals surface area contributed by atoms with Crippen LogP contribution in [0.15, 0.2) is 61.1 Å². The molecule has 0 spiro atoms. The summed E-state index contributed by atoms with van der Waals surface area (Å²) < 4.78 is 26.1. The molecule has 12 heteroatoms. The van der Waals surface area contributed by atoms with Crippen LogP contribution in [-0.4, -0.2) is 80.7 Å². The van der Waals surface area contributed by atoms with Gasteiger partial charge in [0.15, 0.2) is 11.4 Å². The van der Waals surface area contributed by atoms with E-state index in [0.29, 0.717) is 42.3 Å². The van der Waals surface area contributed by atoms with E-state index in [1.165, 1.54) is 12.3 Å². The number of benzene rings is 1. The summed E-state index contributed by atoms with van der Waals surface area (Å²) in [5.41, 5.74) is 3.19. The average Bonchev–Trinajstić information content (AvgIpc) is 3.55. The number of methoxy groups -OCH3 is 1. The Balaban J connectivity index is 1.27. The fourth-order valence-electron chi connectivity index (χ4n) is 5.54. The zero-order valence-corrected chi connectivity index (χ0v) is 24.0. The molecule has 0 radical (unpaired) electrons. The number of pyridine rings is 1. The number of Topliss-reactive ketones (excluding diaryl/α,β-unsaturated/α-hetero) is 1. The van der Waals surface area contributed by atoms with Gasteiger partial charge in [-0.15, -0.1) is 0 Å². The monoisotopic (exact) mass is 588 g/mol. The van der Waals surface area contributed by atoms with Crippen molar-refractivity contribution in [3.05, 3.63) is 89.6 Å². The fourth-order valence-corrected chi connectivity index (χ4v) is 5.54. The van der Waals surface area contributed by atoms with Crippen LogP contribution < -0.4 is 0 Å². The van der Waals surface area contributed by atoms with Gasteiger partial charge in [-0.3, -0.25) is 9.63 Å². The van der Waals surface area contributed by atoms with Gasteiger partial charge in [-0.05, 0) is 42.3 Å². The highest BCUT2D eigenvalue weighted by Crippen LogP contribution is 2.37. The lowest BCUT2D eigenvalue weighted by atomic mass is 9.91. The summed E-state index contributed by atoms with van der Waals surface area (Å²) in [6.45, 7) is 3.75. The van der Waals surface area contributed by atoms with E-state index in [2.05, 4.69) is 15.0 Å². The van der Waals surface area contributed by atoms with Crippen molar-refractivity contribution >= 4 is 5.78 Å². The molecule has 2 fully saturated rings. The first-order valence-electron chi connectivity index (χ1n) is 14.2. The molecule has 2 saturated heterocycles. The second-order valence-electron chi connectivity index (χ2n) is 11.0. The number of halogens is 1. The summed E-state index contributed by atoms with van der Waals surface area (Å²) in [7, 11) is 1.62. The maximum Gasteiger partial charge on any atom is 0.213 e. The number of para-hydroxylation sites is 1. The van der Waals surface area contributed by atoms with Crippen LogP contribution in [0.25, 0.3) is 16.9 Å². The van der Waals surface area contributed by atoms with Gasteiger partial charge in [-0.1, -0.05) is 18.2 Å².